The summed E-state index contributed by atoms with van der Waals surface area (Å²) in [5.41, 5.74) is -0.635. The number of carboxylic acid groups (broad SMARTS) is 1. The average Bonchev–Trinajstić information content (AvgIpc) is 2.14. The number of aromatic nitrogens is 1. The summed E-state index contributed by atoms with van der Waals surface area (Å²) < 4.78 is 22.9. The number of pyridine rings is 1. The van der Waals surface area contributed by atoms with Crippen molar-refractivity contribution in [3.05, 3.63) is 34.2 Å². The van der Waals surface area contributed by atoms with Gasteiger partial charge in [0.2, 0.25) is 0 Å². The average molecular weight is 245 g/mol. The van der Waals surface area contributed by atoms with Gasteiger partial charge in [-0.3, -0.25) is 4.79 Å². The predicted octanol–water partition coefficient (Wildman–Crippen LogP) is -0.409. The minimum absolute atomic E-state index is 0.0254. The number of carboxylic acids is 1. The van der Waals surface area contributed by atoms with Crippen molar-refractivity contribution in [2.75, 3.05) is 12.0 Å². The molecule has 1 aromatic rings. The molecule has 0 spiro atoms. The van der Waals surface area contributed by atoms with Gasteiger partial charge in [0.1, 0.15) is 9.84 Å². The molecule has 0 unspecified atom stereocenters. The van der Waals surface area contributed by atoms with E-state index in [1.165, 1.54) is 12.3 Å². The maximum Gasteiger partial charge on any atom is 0.335 e. The number of hydrogen-bond acceptors (Lipinski definition) is 4. The lowest BCUT2D eigenvalue weighted by Crippen LogP contribution is -2.23. The van der Waals surface area contributed by atoms with Gasteiger partial charge in [0.05, 0.1) is 11.3 Å². The zero-order valence-corrected chi connectivity index (χ0v) is 9.40. The van der Waals surface area contributed by atoms with Crippen LogP contribution in [0.3, 0.4) is 0 Å². The molecule has 1 heterocycles. The smallest absolute Gasteiger partial charge is 0.335 e. The Morgan fingerprint density at radius 3 is 2.56 bits per heavy atom. The first-order valence-electron chi connectivity index (χ1n) is 4.41. The highest BCUT2D eigenvalue weighted by Gasteiger charge is 2.07. The molecule has 0 fully saturated rings. The summed E-state index contributed by atoms with van der Waals surface area (Å²) in [5, 5.41) is 8.62. The Balaban J connectivity index is 2.92. The van der Waals surface area contributed by atoms with Gasteiger partial charge < -0.3 is 9.67 Å². The number of nitrogens with zero attached hydrogens (tertiary/aromatic N) is 1. The first kappa shape index (κ1) is 12.4. The van der Waals surface area contributed by atoms with Gasteiger partial charge in [-0.2, -0.15) is 0 Å². The van der Waals surface area contributed by atoms with Crippen molar-refractivity contribution in [1.82, 2.24) is 4.57 Å². The highest BCUT2D eigenvalue weighted by Crippen LogP contribution is 1.95. The number of rotatable bonds is 4. The molecule has 6 nitrogen and oxygen atoms in total. The summed E-state index contributed by atoms with van der Waals surface area (Å²) in [6.45, 7) is 0.0254. The Kier molecular flexibility index (Phi) is 3.48. The van der Waals surface area contributed by atoms with E-state index in [1.807, 2.05) is 0 Å². The summed E-state index contributed by atoms with van der Waals surface area (Å²) in [6, 6.07) is 2.22. The van der Waals surface area contributed by atoms with Crippen LogP contribution in [0.5, 0.6) is 0 Å². The number of aromatic carboxylic acids is 1. The van der Waals surface area contributed by atoms with Gasteiger partial charge in [0.15, 0.2) is 0 Å². The fourth-order valence-corrected chi connectivity index (χ4v) is 1.62. The van der Waals surface area contributed by atoms with Crippen molar-refractivity contribution in [3.63, 3.8) is 0 Å². The molecule has 0 bridgehead atoms. The molecule has 88 valence electrons. The second-order valence-electron chi connectivity index (χ2n) is 3.38. The maximum absolute atomic E-state index is 11.4. The number of carbonyl (C=O) groups is 1. The van der Waals surface area contributed by atoms with Gasteiger partial charge in [0.25, 0.3) is 5.56 Å². The summed E-state index contributed by atoms with van der Waals surface area (Å²) >= 11 is 0. The molecule has 0 aromatic carbocycles. The highest BCUT2D eigenvalue weighted by atomic mass is 32.2. The third-order valence-corrected chi connectivity index (χ3v) is 2.87. The van der Waals surface area contributed by atoms with E-state index >= 15 is 0 Å². The van der Waals surface area contributed by atoms with Crippen LogP contribution in [-0.2, 0) is 16.4 Å². The molecule has 0 radical (unpaired) electrons. The maximum atomic E-state index is 11.4. The highest BCUT2D eigenvalue weighted by molar-refractivity contribution is 7.90. The van der Waals surface area contributed by atoms with Crippen molar-refractivity contribution in [2.45, 2.75) is 6.54 Å². The fraction of sp³-hybridized carbons (Fsp3) is 0.333. The van der Waals surface area contributed by atoms with E-state index in [-0.39, 0.29) is 17.9 Å². The van der Waals surface area contributed by atoms with Crippen LogP contribution >= 0.6 is 0 Å². The fourth-order valence-electron chi connectivity index (χ4n) is 1.09. The van der Waals surface area contributed by atoms with Gasteiger partial charge in [0, 0.05) is 25.1 Å². The standard InChI is InChI=1S/C9H11NO5S/c1-16(14,15)5-4-10-3-2-7(9(12)13)6-8(10)11/h2-3,6H,4-5H2,1H3,(H,12,13). The number of sulfone groups is 1. The molecule has 1 N–H and O–H groups in total. The van der Waals surface area contributed by atoms with Crippen LogP contribution in [0.2, 0.25) is 0 Å². The zero-order chi connectivity index (χ0) is 12.3. The van der Waals surface area contributed by atoms with Gasteiger partial charge in [-0.05, 0) is 6.07 Å². The third kappa shape index (κ3) is 3.50. The lowest BCUT2D eigenvalue weighted by atomic mass is 10.3. The molecular weight excluding hydrogens is 234 g/mol. The monoisotopic (exact) mass is 245 g/mol. The minimum atomic E-state index is -3.14. The second-order valence-corrected chi connectivity index (χ2v) is 5.64. The SMILES string of the molecule is CS(=O)(=O)CCn1ccc(C(=O)O)cc1=O. The van der Waals surface area contributed by atoms with Gasteiger partial charge in [-0.25, -0.2) is 13.2 Å². The Hall–Kier alpha value is -1.63. The molecule has 0 saturated carbocycles. The molecule has 0 amide bonds. The van der Waals surface area contributed by atoms with Crippen molar-refractivity contribution in [3.8, 4) is 0 Å². The lowest BCUT2D eigenvalue weighted by Gasteiger charge is -2.04. The first-order chi connectivity index (χ1) is 7.29. The Morgan fingerprint density at radius 1 is 1.50 bits per heavy atom. The van der Waals surface area contributed by atoms with E-state index in [0.29, 0.717) is 0 Å². The first-order valence-corrected chi connectivity index (χ1v) is 6.47. The normalized spacial score (nSPS) is 11.3. The molecule has 0 saturated heterocycles. The van der Waals surface area contributed by atoms with Crippen LogP contribution in [0.15, 0.2) is 23.1 Å². The molecule has 1 aromatic heterocycles. The van der Waals surface area contributed by atoms with Crippen LogP contribution in [0, 0.1) is 0 Å². The van der Waals surface area contributed by atoms with Crippen molar-refractivity contribution >= 4 is 15.8 Å². The van der Waals surface area contributed by atoms with Crippen LogP contribution in [0.4, 0.5) is 0 Å². The van der Waals surface area contributed by atoms with E-state index in [9.17, 15) is 18.0 Å². The van der Waals surface area contributed by atoms with Crippen molar-refractivity contribution in [1.29, 1.82) is 0 Å². The molecule has 0 aliphatic carbocycles. The molecular formula is C9H11NO5S. The minimum Gasteiger partial charge on any atom is -0.478 e. The molecule has 16 heavy (non-hydrogen) atoms. The predicted molar refractivity (Wildman–Crippen MR) is 57.4 cm³/mol. The van der Waals surface area contributed by atoms with E-state index in [2.05, 4.69) is 0 Å². The molecule has 7 heteroatoms. The van der Waals surface area contributed by atoms with Gasteiger partial charge >= 0.3 is 5.97 Å². The quantitative estimate of drug-likeness (QED) is 0.778. The molecule has 0 aliphatic rings. The third-order valence-electron chi connectivity index (χ3n) is 1.95. The van der Waals surface area contributed by atoms with Crippen LogP contribution in [0.25, 0.3) is 0 Å². The second kappa shape index (κ2) is 4.48. The molecule has 1 rings (SSSR count). The topological polar surface area (TPSA) is 93.4 Å². The Labute approximate surface area is 92.1 Å². The van der Waals surface area contributed by atoms with Crippen LogP contribution in [-0.4, -0.2) is 36.1 Å². The molecule has 0 atom stereocenters. The van der Waals surface area contributed by atoms with E-state index < -0.39 is 21.4 Å². The van der Waals surface area contributed by atoms with Gasteiger partial charge in [-0.1, -0.05) is 0 Å². The van der Waals surface area contributed by atoms with E-state index in [0.717, 1.165) is 16.9 Å². The van der Waals surface area contributed by atoms with Crippen LogP contribution in [0.1, 0.15) is 10.4 Å². The lowest BCUT2D eigenvalue weighted by molar-refractivity contribution is 0.0696. The summed E-state index contributed by atoms with van der Waals surface area (Å²) in [6.07, 6.45) is 2.35. The largest absolute Gasteiger partial charge is 0.478 e. The summed E-state index contributed by atoms with van der Waals surface area (Å²) in [4.78, 5) is 21.9. The summed E-state index contributed by atoms with van der Waals surface area (Å²) in [5.74, 6) is -1.34. The van der Waals surface area contributed by atoms with E-state index in [4.69, 9.17) is 5.11 Å². The van der Waals surface area contributed by atoms with Crippen LogP contribution < -0.4 is 5.56 Å². The number of hydrogen-bond donors (Lipinski definition) is 1. The number of aryl methyl sites for hydroxylation is 1. The van der Waals surface area contributed by atoms with Gasteiger partial charge in [-0.15, -0.1) is 0 Å². The Bertz CT molecular complexity index is 558. The summed E-state index contributed by atoms with van der Waals surface area (Å²) in [7, 11) is -3.14. The molecule has 0 aliphatic heterocycles. The zero-order valence-electron chi connectivity index (χ0n) is 8.58. The Morgan fingerprint density at radius 2 is 2.12 bits per heavy atom. The van der Waals surface area contributed by atoms with Crippen molar-refractivity contribution in [2.24, 2.45) is 0 Å². The van der Waals surface area contributed by atoms with Crippen molar-refractivity contribution < 1.29 is 18.3 Å². The van der Waals surface area contributed by atoms with E-state index in [1.54, 1.807) is 0 Å².